The Bertz CT molecular complexity index is 1080. The van der Waals surface area contributed by atoms with Gasteiger partial charge in [0.05, 0.1) is 4.90 Å². The lowest BCUT2D eigenvalue weighted by Crippen LogP contribution is -2.22. The predicted molar refractivity (Wildman–Crippen MR) is 106 cm³/mol. The fourth-order valence-corrected chi connectivity index (χ4v) is 3.49. The fourth-order valence-electron chi connectivity index (χ4n) is 2.58. The van der Waals surface area contributed by atoms with Crippen molar-refractivity contribution < 1.29 is 12.8 Å². The lowest BCUT2D eigenvalue weighted by molar-refractivity contribution is 0.520. The number of nitriles is 1. The Hall–Kier alpha value is -3.15. The second-order valence-electron chi connectivity index (χ2n) is 6.28. The van der Waals surface area contributed by atoms with E-state index < -0.39 is 10.0 Å². The number of hydrogen-bond acceptors (Lipinski definition) is 6. The average Bonchev–Trinajstić information content (AvgIpc) is 3.12. The van der Waals surface area contributed by atoms with Gasteiger partial charge < -0.3 is 9.73 Å². The molecule has 7 nitrogen and oxygen atoms in total. The first-order valence-corrected chi connectivity index (χ1v) is 10.1. The third-order valence-corrected chi connectivity index (χ3v) is 5.98. The van der Waals surface area contributed by atoms with Crippen molar-refractivity contribution in [1.82, 2.24) is 9.29 Å². The molecule has 0 aliphatic carbocycles. The lowest BCUT2D eigenvalue weighted by atomic mass is 10.1. The summed E-state index contributed by atoms with van der Waals surface area (Å²) in [5, 5.41) is 12.4. The van der Waals surface area contributed by atoms with E-state index in [1.54, 1.807) is 12.1 Å². The maximum absolute atomic E-state index is 12.2. The van der Waals surface area contributed by atoms with Gasteiger partial charge in [-0.2, -0.15) is 10.2 Å². The van der Waals surface area contributed by atoms with Crippen LogP contribution in [0.3, 0.4) is 0 Å². The molecule has 0 unspecified atom stereocenters. The van der Waals surface area contributed by atoms with Gasteiger partial charge in [0.1, 0.15) is 6.07 Å². The van der Waals surface area contributed by atoms with Crippen molar-refractivity contribution in [3.8, 4) is 17.5 Å². The molecule has 1 N–H and O–H groups in total. The molecule has 3 aromatic rings. The molecule has 1 aromatic heterocycles. The van der Waals surface area contributed by atoms with E-state index in [0.717, 1.165) is 10.7 Å². The summed E-state index contributed by atoms with van der Waals surface area (Å²) >= 11 is 0. The lowest BCUT2D eigenvalue weighted by Gasteiger charge is -2.11. The standard InChI is InChI=1S/C20H20N4O3S/c1-24(2)28(25,26)17-10-8-16(9-11-17)19-23-18(14-21)20(27-19)22-13-12-15-6-4-3-5-7-15/h3-11,22H,12-13H2,1-2H3. The van der Waals surface area contributed by atoms with Crippen LogP contribution in [-0.4, -0.2) is 38.3 Å². The molecule has 0 radical (unpaired) electrons. The highest BCUT2D eigenvalue weighted by Gasteiger charge is 2.18. The highest BCUT2D eigenvalue weighted by Crippen LogP contribution is 2.26. The maximum Gasteiger partial charge on any atom is 0.242 e. The number of aromatic nitrogens is 1. The Morgan fingerprint density at radius 1 is 1.11 bits per heavy atom. The summed E-state index contributed by atoms with van der Waals surface area (Å²) in [4.78, 5) is 4.38. The van der Waals surface area contributed by atoms with Crippen LogP contribution in [0, 0.1) is 11.3 Å². The van der Waals surface area contributed by atoms with Crippen LogP contribution in [0.4, 0.5) is 5.88 Å². The molecule has 0 fully saturated rings. The number of sulfonamides is 1. The van der Waals surface area contributed by atoms with Gasteiger partial charge in [-0.1, -0.05) is 30.3 Å². The number of anilines is 1. The molecule has 8 heteroatoms. The monoisotopic (exact) mass is 396 g/mol. The second-order valence-corrected chi connectivity index (χ2v) is 8.43. The highest BCUT2D eigenvalue weighted by molar-refractivity contribution is 7.89. The minimum absolute atomic E-state index is 0.160. The zero-order chi connectivity index (χ0) is 20.1. The second kappa shape index (κ2) is 8.25. The quantitative estimate of drug-likeness (QED) is 0.659. The van der Waals surface area contributed by atoms with Crippen LogP contribution in [0.5, 0.6) is 0 Å². The summed E-state index contributed by atoms with van der Waals surface area (Å²) in [6, 6.07) is 18.2. The van der Waals surface area contributed by atoms with Crippen LogP contribution >= 0.6 is 0 Å². The third-order valence-electron chi connectivity index (χ3n) is 4.15. The fraction of sp³-hybridized carbons (Fsp3) is 0.200. The molecule has 0 saturated heterocycles. The highest BCUT2D eigenvalue weighted by atomic mass is 32.2. The van der Waals surface area contributed by atoms with Crippen molar-refractivity contribution in [2.24, 2.45) is 0 Å². The predicted octanol–water partition coefficient (Wildman–Crippen LogP) is 3.12. The van der Waals surface area contributed by atoms with Gasteiger partial charge in [0, 0.05) is 26.2 Å². The molecule has 0 atom stereocenters. The molecule has 28 heavy (non-hydrogen) atoms. The zero-order valence-corrected chi connectivity index (χ0v) is 16.4. The van der Waals surface area contributed by atoms with Crippen LogP contribution < -0.4 is 5.32 Å². The Morgan fingerprint density at radius 3 is 2.39 bits per heavy atom. The molecule has 0 bridgehead atoms. The minimum Gasteiger partial charge on any atom is -0.419 e. The van der Waals surface area contributed by atoms with Gasteiger partial charge in [-0.05, 0) is 36.2 Å². The van der Waals surface area contributed by atoms with Gasteiger partial charge in [-0.3, -0.25) is 0 Å². The molecule has 3 rings (SSSR count). The smallest absolute Gasteiger partial charge is 0.242 e. The van der Waals surface area contributed by atoms with Crippen LogP contribution in [-0.2, 0) is 16.4 Å². The molecule has 0 aliphatic heterocycles. The Morgan fingerprint density at radius 2 is 1.79 bits per heavy atom. The van der Waals surface area contributed by atoms with Crippen LogP contribution in [0.15, 0.2) is 63.9 Å². The van der Waals surface area contributed by atoms with Gasteiger partial charge in [-0.15, -0.1) is 0 Å². The molecular formula is C20H20N4O3S. The van der Waals surface area contributed by atoms with Crippen molar-refractivity contribution >= 4 is 15.9 Å². The van der Waals surface area contributed by atoms with E-state index in [2.05, 4.69) is 10.3 Å². The van der Waals surface area contributed by atoms with E-state index in [-0.39, 0.29) is 16.5 Å². The molecule has 0 saturated carbocycles. The topological polar surface area (TPSA) is 99.2 Å². The van der Waals surface area contributed by atoms with Gasteiger partial charge >= 0.3 is 0 Å². The van der Waals surface area contributed by atoms with Crippen molar-refractivity contribution in [2.75, 3.05) is 26.0 Å². The summed E-state index contributed by atoms with van der Waals surface area (Å²) in [7, 11) is -0.552. The summed E-state index contributed by atoms with van der Waals surface area (Å²) in [6.45, 7) is 0.591. The maximum atomic E-state index is 12.2. The largest absolute Gasteiger partial charge is 0.419 e. The third kappa shape index (κ3) is 4.22. The first-order chi connectivity index (χ1) is 13.4. The van der Waals surface area contributed by atoms with Crippen LogP contribution in [0.1, 0.15) is 11.3 Å². The van der Waals surface area contributed by atoms with Crippen molar-refractivity contribution in [3.63, 3.8) is 0 Å². The van der Waals surface area contributed by atoms with E-state index in [0.29, 0.717) is 18.0 Å². The van der Waals surface area contributed by atoms with E-state index in [9.17, 15) is 13.7 Å². The number of nitrogens with one attached hydrogen (secondary N) is 1. The molecule has 0 aliphatic rings. The molecule has 0 amide bonds. The summed E-state index contributed by atoms with van der Waals surface area (Å²) in [6.07, 6.45) is 0.777. The number of hydrogen-bond donors (Lipinski definition) is 1. The van der Waals surface area contributed by atoms with Crippen molar-refractivity contribution in [3.05, 3.63) is 65.9 Å². The molecular weight excluding hydrogens is 376 g/mol. The van der Waals surface area contributed by atoms with E-state index in [1.807, 2.05) is 36.4 Å². The number of nitrogens with zero attached hydrogens (tertiary/aromatic N) is 3. The Kier molecular flexibility index (Phi) is 5.78. The number of oxazole rings is 1. The van der Waals surface area contributed by atoms with E-state index >= 15 is 0 Å². The van der Waals surface area contributed by atoms with Crippen molar-refractivity contribution in [2.45, 2.75) is 11.3 Å². The first kappa shape index (κ1) is 19.6. The van der Waals surface area contributed by atoms with E-state index in [4.69, 9.17) is 4.42 Å². The van der Waals surface area contributed by atoms with Gasteiger partial charge in [0.2, 0.25) is 27.5 Å². The molecule has 144 valence electrons. The number of rotatable bonds is 7. The SMILES string of the molecule is CN(C)S(=O)(=O)c1ccc(-c2nc(C#N)c(NCCc3ccccc3)o2)cc1. The minimum atomic E-state index is -3.50. The van der Waals surface area contributed by atoms with Crippen molar-refractivity contribution in [1.29, 1.82) is 5.26 Å². The molecule has 1 heterocycles. The Labute approximate surface area is 164 Å². The summed E-state index contributed by atoms with van der Waals surface area (Å²) in [5.41, 5.74) is 1.92. The summed E-state index contributed by atoms with van der Waals surface area (Å²) < 4.78 is 31.2. The zero-order valence-electron chi connectivity index (χ0n) is 15.6. The van der Waals surface area contributed by atoms with Crippen LogP contribution in [0.25, 0.3) is 11.5 Å². The number of benzene rings is 2. The van der Waals surface area contributed by atoms with E-state index in [1.165, 1.54) is 31.8 Å². The molecule has 0 spiro atoms. The first-order valence-electron chi connectivity index (χ1n) is 8.63. The van der Waals surface area contributed by atoms with Crippen LogP contribution in [0.2, 0.25) is 0 Å². The molecule has 2 aromatic carbocycles. The van der Waals surface area contributed by atoms with Gasteiger partial charge in [0.15, 0.2) is 0 Å². The Balaban J connectivity index is 1.76. The normalized spacial score (nSPS) is 11.4. The van der Waals surface area contributed by atoms with Gasteiger partial charge in [0.25, 0.3) is 0 Å². The average molecular weight is 396 g/mol. The summed E-state index contributed by atoms with van der Waals surface area (Å²) in [5.74, 6) is 0.561. The van der Waals surface area contributed by atoms with Gasteiger partial charge in [-0.25, -0.2) is 12.7 Å².